The number of guanidine groups is 1. The van der Waals surface area contributed by atoms with E-state index in [0.717, 1.165) is 24.6 Å². The molecule has 0 aromatic carbocycles. The Labute approximate surface area is 123 Å². The minimum absolute atomic E-state index is 0.569. The number of nitrogens with zero attached hydrogens (tertiary/aromatic N) is 2. The molecule has 5 nitrogen and oxygen atoms in total. The molecule has 2 aromatic heterocycles. The third-order valence-electron chi connectivity index (χ3n) is 2.98. The first-order chi connectivity index (χ1) is 9.78. The van der Waals surface area contributed by atoms with Crippen molar-refractivity contribution in [3.63, 3.8) is 0 Å². The molecule has 3 N–H and O–H groups in total. The van der Waals surface area contributed by atoms with E-state index in [1.165, 1.54) is 4.88 Å². The first-order valence-corrected chi connectivity index (χ1v) is 7.61. The van der Waals surface area contributed by atoms with E-state index < -0.39 is 0 Å². The lowest BCUT2D eigenvalue weighted by atomic mass is 10.1. The molecule has 2 heterocycles. The molecule has 0 spiro atoms. The van der Waals surface area contributed by atoms with Gasteiger partial charge in [0.05, 0.1) is 12.2 Å². The van der Waals surface area contributed by atoms with Gasteiger partial charge in [-0.15, -0.1) is 11.3 Å². The SMILES string of the molecule is CN=C(NCc1ccn[nH]1)NCC(C)Cc1cccs1. The largest absolute Gasteiger partial charge is 0.356 e. The van der Waals surface area contributed by atoms with Gasteiger partial charge >= 0.3 is 0 Å². The maximum Gasteiger partial charge on any atom is 0.191 e. The van der Waals surface area contributed by atoms with Gasteiger partial charge in [0.25, 0.3) is 0 Å². The van der Waals surface area contributed by atoms with E-state index in [0.29, 0.717) is 12.5 Å². The Balaban J connectivity index is 1.70. The Bertz CT molecular complexity index is 504. The van der Waals surface area contributed by atoms with Gasteiger partial charge in [-0.05, 0) is 29.9 Å². The van der Waals surface area contributed by atoms with Gasteiger partial charge in [0.15, 0.2) is 5.96 Å². The molecule has 20 heavy (non-hydrogen) atoms. The second kappa shape index (κ2) is 7.69. The number of aliphatic imine (C=N–C) groups is 1. The summed E-state index contributed by atoms with van der Waals surface area (Å²) in [5.74, 6) is 1.39. The molecule has 1 unspecified atom stereocenters. The molecule has 0 aliphatic heterocycles. The van der Waals surface area contributed by atoms with Crippen molar-refractivity contribution in [3.8, 4) is 0 Å². The van der Waals surface area contributed by atoms with Gasteiger partial charge < -0.3 is 10.6 Å². The lowest BCUT2D eigenvalue weighted by Gasteiger charge is -2.15. The van der Waals surface area contributed by atoms with Gasteiger partial charge in [-0.3, -0.25) is 10.1 Å². The molecule has 0 bridgehead atoms. The van der Waals surface area contributed by atoms with E-state index in [2.05, 4.69) is 50.3 Å². The van der Waals surface area contributed by atoms with Crippen LogP contribution in [0, 0.1) is 5.92 Å². The van der Waals surface area contributed by atoms with Crippen molar-refractivity contribution in [2.75, 3.05) is 13.6 Å². The van der Waals surface area contributed by atoms with Crippen molar-refractivity contribution in [1.82, 2.24) is 20.8 Å². The van der Waals surface area contributed by atoms with Gasteiger partial charge in [-0.2, -0.15) is 5.10 Å². The van der Waals surface area contributed by atoms with Crippen LogP contribution in [0.1, 0.15) is 17.5 Å². The van der Waals surface area contributed by atoms with Crippen LogP contribution in [0.3, 0.4) is 0 Å². The van der Waals surface area contributed by atoms with Crippen LogP contribution in [-0.4, -0.2) is 29.7 Å². The number of H-pyrrole nitrogens is 1. The van der Waals surface area contributed by atoms with Crippen LogP contribution < -0.4 is 10.6 Å². The fourth-order valence-corrected chi connectivity index (χ4v) is 2.77. The highest BCUT2D eigenvalue weighted by molar-refractivity contribution is 7.09. The zero-order valence-electron chi connectivity index (χ0n) is 11.9. The van der Waals surface area contributed by atoms with Crippen molar-refractivity contribution >= 4 is 17.3 Å². The smallest absolute Gasteiger partial charge is 0.191 e. The average molecular weight is 291 g/mol. The van der Waals surface area contributed by atoms with E-state index in [-0.39, 0.29) is 0 Å². The predicted molar refractivity (Wildman–Crippen MR) is 84.0 cm³/mol. The van der Waals surface area contributed by atoms with Crippen LogP contribution in [0.4, 0.5) is 0 Å². The summed E-state index contributed by atoms with van der Waals surface area (Å²) in [4.78, 5) is 5.65. The molecule has 0 radical (unpaired) electrons. The first-order valence-electron chi connectivity index (χ1n) is 6.73. The Morgan fingerprint density at radius 3 is 3.00 bits per heavy atom. The minimum Gasteiger partial charge on any atom is -0.356 e. The molecule has 0 aliphatic carbocycles. The molecule has 0 aliphatic rings. The van der Waals surface area contributed by atoms with Gasteiger partial charge in [0.2, 0.25) is 0 Å². The summed E-state index contributed by atoms with van der Waals surface area (Å²) >= 11 is 1.82. The van der Waals surface area contributed by atoms with Crippen molar-refractivity contribution in [3.05, 3.63) is 40.3 Å². The number of aromatic nitrogens is 2. The highest BCUT2D eigenvalue weighted by Crippen LogP contribution is 2.13. The summed E-state index contributed by atoms with van der Waals surface area (Å²) in [5.41, 5.74) is 1.04. The molecular formula is C14H21N5S. The lowest BCUT2D eigenvalue weighted by molar-refractivity contribution is 0.561. The Morgan fingerprint density at radius 1 is 1.45 bits per heavy atom. The predicted octanol–water partition coefficient (Wildman–Crippen LogP) is 2.01. The van der Waals surface area contributed by atoms with Crippen LogP contribution in [0.5, 0.6) is 0 Å². The summed E-state index contributed by atoms with van der Waals surface area (Å²) in [5, 5.41) is 15.6. The second-order valence-electron chi connectivity index (χ2n) is 4.78. The number of hydrogen-bond acceptors (Lipinski definition) is 3. The van der Waals surface area contributed by atoms with E-state index >= 15 is 0 Å². The summed E-state index contributed by atoms with van der Waals surface area (Å²) in [7, 11) is 1.78. The standard InChI is InChI=1S/C14H21N5S/c1-11(8-13-4-3-7-20-13)9-16-14(15-2)17-10-12-5-6-18-19-12/h3-7,11H,8-10H2,1-2H3,(H,18,19)(H2,15,16,17). The monoisotopic (exact) mass is 291 g/mol. The van der Waals surface area contributed by atoms with Crippen LogP contribution in [0.25, 0.3) is 0 Å². The zero-order chi connectivity index (χ0) is 14.2. The molecule has 0 saturated carbocycles. The second-order valence-corrected chi connectivity index (χ2v) is 5.81. The van der Waals surface area contributed by atoms with Crippen LogP contribution in [-0.2, 0) is 13.0 Å². The molecule has 2 rings (SSSR count). The summed E-state index contributed by atoms with van der Waals surface area (Å²) < 4.78 is 0. The van der Waals surface area contributed by atoms with E-state index in [4.69, 9.17) is 0 Å². The zero-order valence-corrected chi connectivity index (χ0v) is 12.7. The Kier molecular flexibility index (Phi) is 5.61. The maximum absolute atomic E-state index is 4.22. The summed E-state index contributed by atoms with van der Waals surface area (Å²) in [6.07, 6.45) is 2.85. The number of nitrogens with one attached hydrogen (secondary N) is 3. The first kappa shape index (κ1) is 14.6. The van der Waals surface area contributed by atoms with E-state index in [1.807, 2.05) is 17.4 Å². The van der Waals surface area contributed by atoms with Crippen molar-refractivity contribution in [2.45, 2.75) is 19.9 Å². The average Bonchev–Trinajstić information content (AvgIpc) is 3.12. The van der Waals surface area contributed by atoms with Crippen LogP contribution >= 0.6 is 11.3 Å². The molecule has 108 valence electrons. The van der Waals surface area contributed by atoms with Gasteiger partial charge in [0, 0.05) is 24.7 Å². The number of hydrogen-bond donors (Lipinski definition) is 3. The van der Waals surface area contributed by atoms with Crippen LogP contribution in [0.2, 0.25) is 0 Å². The third kappa shape index (κ3) is 4.70. The van der Waals surface area contributed by atoms with E-state index in [1.54, 1.807) is 13.2 Å². The normalized spacial score (nSPS) is 13.2. The summed E-state index contributed by atoms with van der Waals surface area (Å²) in [6.45, 7) is 3.84. The number of aromatic amines is 1. The molecule has 0 amide bonds. The number of thiophene rings is 1. The lowest BCUT2D eigenvalue weighted by Crippen LogP contribution is -2.39. The molecule has 0 fully saturated rings. The molecule has 2 aromatic rings. The molecule has 0 saturated heterocycles. The fourth-order valence-electron chi connectivity index (χ4n) is 1.90. The Hall–Kier alpha value is -1.82. The minimum atomic E-state index is 0.569. The van der Waals surface area contributed by atoms with Crippen LogP contribution in [0.15, 0.2) is 34.8 Å². The summed E-state index contributed by atoms with van der Waals surface area (Å²) in [6, 6.07) is 6.23. The highest BCUT2D eigenvalue weighted by atomic mass is 32.1. The third-order valence-corrected chi connectivity index (χ3v) is 3.87. The van der Waals surface area contributed by atoms with Gasteiger partial charge in [-0.1, -0.05) is 13.0 Å². The number of rotatable bonds is 6. The van der Waals surface area contributed by atoms with Gasteiger partial charge in [-0.25, -0.2) is 0 Å². The molecule has 1 atom stereocenters. The molecular weight excluding hydrogens is 270 g/mol. The van der Waals surface area contributed by atoms with Crippen molar-refractivity contribution < 1.29 is 0 Å². The van der Waals surface area contributed by atoms with Crippen molar-refractivity contribution in [2.24, 2.45) is 10.9 Å². The highest BCUT2D eigenvalue weighted by Gasteiger charge is 2.06. The molecule has 6 heteroatoms. The Morgan fingerprint density at radius 2 is 2.35 bits per heavy atom. The fraction of sp³-hybridized carbons (Fsp3) is 0.429. The van der Waals surface area contributed by atoms with E-state index in [9.17, 15) is 0 Å². The maximum atomic E-state index is 4.22. The quantitative estimate of drug-likeness (QED) is 0.563. The topological polar surface area (TPSA) is 65.1 Å². The van der Waals surface area contributed by atoms with Gasteiger partial charge in [0.1, 0.15) is 0 Å². The van der Waals surface area contributed by atoms with Crippen molar-refractivity contribution in [1.29, 1.82) is 0 Å².